The first kappa shape index (κ1) is 28.9. The number of nitrogens with zero attached hydrogens (tertiary/aromatic N) is 4. The smallest absolute Gasteiger partial charge is 0.178 e. The van der Waals surface area contributed by atoms with Gasteiger partial charge < -0.3 is 10.0 Å². The van der Waals surface area contributed by atoms with Crippen LogP contribution < -0.4 is 0 Å². The van der Waals surface area contributed by atoms with Crippen LogP contribution in [0.15, 0.2) is 41.5 Å². The molecule has 7 nitrogen and oxygen atoms in total. The van der Waals surface area contributed by atoms with Crippen molar-refractivity contribution in [1.29, 1.82) is 0 Å². The number of aromatic nitrogens is 3. The Morgan fingerprint density at radius 2 is 1.88 bits per heavy atom. The van der Waals surface area contributed by atoms with Crippen molar-refractivity contribution in [1.82, 2.24) is 20.1 Å². The van der Waals surface area contributed by atoms with Crippen molar-refractivity contribution in [3.8, 4) is 11.1 Å². The summed E-state index contributed by atoms with van der Waals surface area (Å²) in [6.45, 7) is 11.8. The number of fused-ring (bicyclic) bond motifs is 2. The first-order valence-electron chi connectivity index (χ1n) is 15.8. The molecule has 222 valence electrons. The molecule has 2 aliphatic heterocycles. The number of likely N-dealkylation sites (tertiary alicyclic amines) is 1. The van der Waals surface area contributed by atoms with Crippen LogP contribution >= 0.6 is 0 Å². The minimum Gasteiger partial charge on any atom is -0.393 e. The van der Waals surface area contributed by atoms with Crippen LogP contribution in [0.3, 0.4) is 0 Å². The summed E-state index contributed by atoms with van der Waals surface area (Å²) in [5.74, 6) is 0.875. The predicted octanol–water partition coefficient (Wildman–Crippen LogP) is 6.15. The number of carbonyl (C=O) groups is 1. The number of piperidine rings is 1. The molecular formula is C35H45N5O2. The number of rotatable bonds is 8. The lowest BCUT2D eigenvalue weighted by Crippen LogP contribution is -2.37. The molecule has 4 heterocycles. The fourth-order valence-electron chi connectivity index (χ4n) is 6.95. The van der Waals surface area contributed by atoms with Gasteiger partial charge in [-0.3, -0.25) is 14.9 Å². The first-order chi connectivity index (χ1) is 20.1. The quantitative estimate of drug-likeness (QED) is 0.341. The number of benzene rings is 1. The molecule has 0 amide bonds. The average Bonchev–Trinajstić information content (AvgIpc) is 3.59. The maximum Gasteiger partial charge on any atom is 0.178 e. The lowest BCUT2D eigenvalue weighted by atomic mass is 9.71. The third-order valence-corrected chi connectivity index (χ3v) is 9.89. The number of aliphatic hydroxyl groups excluding tert-OH is 1. The van der Waals surface area contributed by atoms with Gasteiger partial charge in [-0.1, -0.05) is 45.0 Å². The van der Waals surface area contributed by atoms with Crippen molar-refractivity contribution in [3.63, 3.8) is 0 Å². The molecule has 0 bridgehead atoms. The number of aryl methyl sites for hydroxylation is 2. The van der Waals surface area contributed by atoms with Crippen LogP contribution in [0, 0.1) is 18.3 Å². The van der Waals surface area contributed by atoms with E-state index < -0.39 is 0 Å². The number of aromatic amines is 1. The van der Waals surface area contributed by atoms with Crippen LogP contribution in [-0.2, 0) is 24.1 Å². The number of hydrogen-bond acceptors (Lipinski definition) is 6. The van der Waals surface area contributed by atoms with Gasteiger partial charge in [-0.15, -0.1) is 0 Å². The van der Waals surface area contributed by atoms with Gasteiger partial charge in [0.2, 0.25) is 0 Å². The highest BCUT2D eigenvalue weighted by atomic mass is 16.3. The number of nitrogens with one attached hydrogen (secondary N) is 1. The molecule has 2 atom stereocenters. The number of carbonyl (C=O) groups excluding carboxylic acids is 1. The standard InChI is InChI=1S/C35H45N5O2/c1-22-29(21-36-39-22)24-7-5-23(6-8-24)25(11-14-40-15-12-28(41)13-16-40)19-34(42)33-20-32-31(38-33)18-26-17-27(35(2,3)4)9-10-30(26)37-32/h5-8,18,21,25,27-28,41H,9-17,19-20H2,1-4H3,(H,36,39)/t25-,27-/m0/s1. The highest BCUT2D eigenvalue weighted by molar-refractivity contribution is 6.41. The van der Waals surface area contributed by atoms with Gasteiger partial charge in [0.05, 0.1) is 29.4 Å². The highest BCUT2D eigenvalue weighted by Crippen LogP contribution is 2.39. The van der Waals surface area contributed by atoms with E-state index in [0.717, 1.165) is 79.9 Å². The summed E-state index contributed by atoms with van der Waals surface area (Å²) in [5.41, 5.74) is 9.77. The summed E-state index contributed by atoms with van der Waals surface area (Å²) in [6.07, 6.45) is 8.44. The summed E-state index contributed by atoms with van der Waals surface area (Å²) >= 11 is 0. The number of ketones is 1. The molecule has 1 aliphatic carbocycles. The largest absolute Gasteiger partial charge is 0.393 e. The van der Waals surface area contributed by atoms with Gasteiger partial charge in [0.1, 0.15) is 0 Å². The SMILES string of the molecule is Cc1[nH]ncc1-c1ccc([C@@H](CCN2CCC(O)CC2)CC(=O)C2=Nc3cc4c(nc3C2)CC[C@H](C(C)(C)C)C4)cc1. The molecule has 1 aromatic carbocycles. The number of hydrogen-bond donors (Lipinski definition) is 2. The van der Waals surface area contributed by atoms with E-state index in [2.05, 4.69) is 66.2 Å². The summed E-state index contributed by atoms with van der Waals surface area (Å²) in [7, 11) is 0. The molecule has 0 unspecified atom stereocenters. The van der Waals surface area contributed by atoms with E-state index in [-0.39, 0.29) is 23.2 Å². The van der Waals surface area contributed by atoms with E-state index in [1.807, 2.05) is 13.1 Å². The predicted molar refractivity (Wildman–Crippen MR) is 167 cm³/mol. The van der Waals surface area contributed by atoms with Crippen molar-refractivity contribution in [2.24, 2.45) is 16.3 Å². The number of Topliss-reactive ketones (excluding diaryl/α,β-unsaturated/α-hetero) is 1. The van der Waals surface area contributed by atoms with E-state index in [9.17, 15) is 9.90 Å². The number of H-pyrrole nitrogens is 1. The molecular weight excluding hydrogens is 522 g/mol. The third kappa shape index (κ3) is 6.28. The maximum atomic E-state index is 13.8. The Labute approximate surface area is 249 Å². The topological polar surface area (TPSA) is 94.5 Å². The van der Waals surface area contributed by atoms with Gasteiger partial charge in [0.15, 0.2) is 5.78 Å². The molecule has 42 heavy (non-hydrogen) atoms. The molecule has 6 rings (SSSR count). The van der Waals surface area contributed by atoms with Crippen LogP contribution in [-0.4, -0.2) is 62.4 Å². The number of aliphatic hydroxyl groups is 1. The number of pyridine rings is 1. The van der Waals surface area contributed by atoms with Gasteiger partial charge in [-0.2, -0.15) is 5.10 Å². The van der Waals surface area contributed by atoms with Gasteiger partial charge in [-0.25, -0.2) is 4.99 Å². The highest BCUT2D eigenvalue weighted by Gasteiger charge is 2.32. The maximum absolute atomic E-state index is 13.8. The monoisotopic (exact) mass is 567 g/mol. The molecule has 1 fully saturated rings. The zero-order valence-corrected chi connectivity index (χ0v) is 25.6. The summed E-state index contributed by atoms with van der Waals surface area (Å²) < 4.78 is 0. The second-order valence-electron chi connectivity index (χ2n) is 13.8. The van der Waals surface area contributed by atoms with Gasteiger partial charge in [0.25, 0.3) is 0 Å². The molecule has 0 radical (unpaired) electrons. The molecule has 1 saturated heterocycles. The molecule has 7 heteroatoms. The Morgan fingerprint density at radius 3 is 2.57 bits per heavy atom. The summed E-state index contributed by atoms with van der Waals surface area (Å²) in [6, 6.07) is 10.8. The molecule has 2 N–H and O–H groups in total. The second kappa shape index (κ2) is 11.8. The minimum atomic E-state index is -0.182. The third-order valence-electron chi connectivity index (χ3n) is 9.89. The van der Waals surface area contributed by atoms with E-state index in [1.165, 1.54) is 23.2 Å². The van der Waals surface area contributed by atoms with Crippen molar-refractivity contribution in [2.45, 2.75) is 91.1 Å². The normalized spacial score (nSPS) is 20.2. The fourth-order valence-corrected chi connectivity index (χ4v) is 6.95. The van der Waals surface area contributed by atoms with Crippen molar-refractivity contribution >= 4 is 17.2 Å². The van der Waals surface area contributed by atoms with Gasteiger partial charge in [0, 0.05) is 42.9 Å². The van der Waals surface area contributed by atoms with Crippen molar-refractivity contribution < 1.29 is 9.90 Å². The van der Waals surface area contributed by atoms with Crippen LogP contribution in [0.1, 0.15) is 87.0 Å². The Balaban J connectivity index is 1.18. The lowest BCUT2D eigenvalue weighted by Gasteiger charge is -2.34. The van der Waals surface area contributed by atoms with Gasteiger partial charge in [-0.05, 0) is 92.0 Å². The average molecular weight is 568 g/mol. The van der Waals surface area contributed by atoms with E-state index >= 15 is 0 Å². The first-order valence-corrected chi connectivity index (χ1v) is 15.8. The Kier molecular flexibility index (Phi) is 8.16. The molecule has 2 aromatic heterocycles. The zero-order chi connectivity index (χ0) is 29.4. The lowest BCUT2D eigenvalue weighted by molar-refractivity contribution is -0.113. The van der Waals surface area contributed by atoms with Gasteiger partial charge >= 0.3 is 0 Å². The zero-order valence-electron chi connectivity index (χ0n) is 25.6. The van der Waals surface area contributed by atoms with E-state index in [1.54, 1.807) is 0 Å². The van der Waals surface area contributed by atoms with Crippen LogP contribution in [0.25, 0.3) is 11.1 Å². The Hall–Kier alpha value is -3.16. The molecule has 3 aromatic rings. The Morgan fingerprint density at radius 1 is 1.12 bits per heavy atom. The van der Waals surface area contributed by atoms with Crippen molar-refractivity contribution in [3.05, 3.63) is 64.7 Å². The van der Waals surface area contributed by atoms with Crippen molar-refractivity contribution in [2.75, 3.05) is 19.6 Å². The number of aliphatic imine (C=N–C) groups is 1. The fraction of sp³-hybridized carbons (Fsp3) is 0.543. The van der Waals surface area contributed by atoms with Crippen LogP contribution in [0.2, 0.25) is 0 Å². The van der Waals surface area contributed by atoms with Crippen LogP contribution in [0.4, 0.5) is 5.69 Å². The summed E-state index contributed by atoms with van der Waals surface area (Å²) in [4.78, 5) is 26.1. The minimum absolute atomic E-state index is 0.101. The molecule has 0 saturated carbocycles. The second-order valence-corrected chi connectivity index (χ2v) is 13.8. The van der Waals surface area contributed by atoms with Crippen LogP contribution in [0.5, 0.6) is 0 Å². The Bertz CT molecular complexity index is 1460. The van der Waals surface area contributed by atoms with E-state index in [0.29, 0.717) is 24.5 Å². The molecule has 3 aliphatic rings. The molecule has 0 spiro atoms. The summed E-state index contributed by atoms with van der Waals surface area (Å²) in [5, 5.41) is 17.1. The van der Waals surface area contributed by atoms with E-state index in [4.69, 9.17) is 9.98 Å².